The van der Waals surface area contributed by atoms with Gasteiger partial charge >= 0.3 is 0 Å². The van der Waals surface area contributed by atoms with Crippen LogP contribution in [-0.4, -0.2) is 38.3 Å². The van der Waals surface area contributed by atoms with Crippen LogP contribution in [0.4, 0.5) is 11.4 Å². The summed E-state index contributed by atoms with van der Waals surface area (Å²) in [5, 5.41) is 6.36. The highest BCUT2D eigenvalue weighted by Crippen LogP contribution is 2.40. The Kier molecular flexibility index (Phi) is 6.57. The average molecular weight is 385 g/mol. The maximum absolute atomic E-state index is 12.7. The first kappa shape index (κ1) is 19.8. The van der Waals surface area contributed by atoms with Crippen molar-refractivity contribution < 1.29 is 19.0 Å². The summed E-state index contributed by atoms with van der Waals surface area (Å²) >= 11 is 0. The molecule has 0 unspecified atom stereocenters. The fourth-order valence-electron chi connectivity index (χ4n) is 3.48. The van der Waals surface area contributed by atoms with Gasteiger partial charge in [-0.3, -0.25) is 9.78 Å². The van der Waals surface area contributed by atoms with Crippen molar-refractivity contribution in [2.24, 2.45) is 0 Å². The molecule has 1 fully saturated rings. The Hall–Kier alpha value is -2.96. The normalized spacial score (nSPS) is 14.2. The molecule has 7 heteroatoms. The van der Waals surface area contributed by atoms with Crippen molar-refractivity contribution in [3.8, 4) is 17.2 Å². The zero-order chi connectivity index (χ0) is 19.9. The lowest BCUT2D eigenvalue weighted by Gasteiger charge is -2.23. The second-order valence-corrected chi connectivity index (χ2v) is 6.78. The van der Waals surface area contributed by atoms with Crippen LogP contribution in [0.1, 0.15) is 42.6 Å². The second-order valence-electron chi connectivity index (χ2n) is 6.78. The van der Waals surface area contributed by atoms with Gasteiger partial charge in [-0.25, -0.2) is 0 Å². The topological polar surface area (TPSA) is 81.7 Å². The van der Waals surface area contributed by atoms with Crippen molar-refractivity contribution >= 4 is 17.3 Å². The summed E-state index contributed by atoms with van der Waals surface area (Å²) in [6.07, 6.45) is 7.77. The number of aromatic nitrogens is 1. The third-order valence-corrected chi connectivity index (χ3v) is 4.89. The van der Waals surface area contributed by atoms with Crippen molar-refractivity contribution in [3.05, 3.63) is 36.2 Å². The number of pyridine rings is 1. The molecule has 0 aliphatic heterocycles. The standard InChI is InChI=1S/C21H27N3O4/c1-26-18-12-16(13-19(27-2)20(18)28-3)24-21(25)17-11-15(9-10-22-17)23-14-7-5-4-6-8-14/h9-14H,4-8H2,1-3H3,(H,22,23)(H,24,25). The van der Waals surface area contributed by atoms with Gasteiger partial charge in [-0.2, -0.15) is 0 Å². The van der Waals surface area contributed by atoms with Crippen LogP contribution in [-0.2, 0) is 0 Å². The Morgan fingerprint density at radius 1 is 0.964 bits per heavy atom. The van der Waals surface area contributed by atoms with E-state index in [9.17, 15) is 4.79 Å². The van der Waals surface area contributed by atoms with Crippen molar-refractivity contribution in [1.29, 1.82) is 0 Å². The third-order valence-electron chi connectivity index (χ3n) is 4.89. The Morgan fingerprint density at radius 2 is 1.64 bits per heavy atom. The van der Waals surface area contributed by atoms with Gasteiger partial charge in [0.15, 0.2) is 11.5 Å². The molecule has 0 spiro atoms. The van der Waals surface area contributed by atoms with Crippen LogP contribution in [0.15, 0.2) is 30.5 Å². The molecule has 1 aromatic heterocycles. The van der Waals surface area contributed by atoms with Gasteiger partial charge in [0, 0.05) is 35.7 Å². The highest BCUT2D eigenvalue weighted by molar-refractivity contribution is 6.03. The molecule has 28 heavy (non-hydrogen) atoms. The quantitative estimate of drug-likeness (QED) is 0.747. The molecule has 1 saturated carbocycles. The van der Waals surface area contributed by atoms with Crippen LogP contribution in [0.5, 0.6) is 17.2 Å². The molecule has 0 radical (unpaired) electrons. The molecule has 1 aliphatic rings. The van der Waals surface area contributed by atoms with Gasteiger partial charge < -0.3 is 24.8 Å². The summed E-state index contributed by atoms with van der Waals surface area (Å²) < 4.78 is 16.0. The predicted octanol–water partition coefficient (Wildman–Crippen LogP) is 4.10. The maximum Gasteiger partial charge on any atom is 0.274 e. The molecule has 0 bridgehead atoms. The number of nitrogens with zero attached hydrogens (tertiary/aromatic N) is 1. The van der Waals surface area contributed by atoms with Gasteiger partial charge in [-0.1, -0.05) is 19.3 Å². The Bertz CT molecular complexity index is 794. The Morgan fingerprint density at radius 3 is 2.25 bits per heavy atom. The molecule has 1 aromatic carbocycles. The second kappa shape index (κ2) is 9.30. The third kappa shape index (κ3) is 4.65. The van der Waals surface area contributed by atoms with Crippen LogP contribution >= 0.6 is 0 Å². The monoisotopic (exact) mass is 385 g/mol. The average Bonchev–Trinajstić information content (AvgIpc) is 2.73. The molecule has 1 heterocycles. The van der Waals surface area contributed by atoms with E-state index in [1.54, 1.807) is 24.4 Å². The number of methoxy groups -OCH3 is 3. The number of hydrogen-bond donors (Lipinski definition) is 2. The van der Waals surface area contributed by atoms with Crippen molar-refractivity contribution in [1.82, 2.24) is 4.98 Å². The van der Waals surface area contributed by atoms with Crippen molar-refractivity contribution in [2.45, 2.75) is 38.1 Å². The first-order chi connectivity index (χ1) is 13.6. The molecule has 1 aliphatic carbocycles. The number of nitrogens with one attached hydrogen (secondary N) is 2. The lowest BCUT2D eigenvalue weighted by atomic mass is 9.95. The van der Waals surface area contributed by atoms with E-state index < -0.39 is 0 Å². The predicted molar refractivity (Wildman–Crippen MR) is 109 cm³/mol. The minimum atomic E-state index is -0.304. The number of rotatable bonds is 7. The fraction of sp³-hybridized carbons (Fsp3) is 0.429. The largest absolute Gasteiger partial charge is 0.493 e. The molecule has 7 nitrogen and oxygen atoms in total. The molecular weight excluding hydrogens is 358 g/mol. The number of ether oxygens (including phenoxy) is 3. The van der Waals surface area contributed by atoms with E-state index in [2.05, 4.69) is 15.6 Å². The lowest BCUT2D eigenvalue weighted by Crippen LogP contribution is -2.22. The van der Waals surface area contributed by atoms with Gasteiger partial charge in [0.1, 0.15) is 5.69 Å². The van der Waals surface area contributed by atoms with Gasteiger partial charge in [-0.05, 0) is 25.0 Å². The molecule has 3 rings (SSSR count). The fourth-order valence-corrected chi connectivity index (χ4v) is 3.48. The highest BCUT2D eigenvalue weighted by Gasteiger charge is 2.17. The molecule has 1 amide bonds. The summed E-state index contributed by atoms with van der Waals surface area (Å²) in [4.78, 5) is 16.9. The zero-order valence-electron chi connectivity index (χ0n) is 16.6. The Labute approximate surface area is 165 Å². The van der Waals surface area contributed by atoms with Crippen molar-refractivity contribution in [3.63, 3.8) is 0 Å². The zero-order valence-corrected chi connectivity index (χ0v) is 16.6. The van der Waals surface area contributed by atoms with Crippen LogP contribution in [0.25, 0.3) is 0 Å². The number of carbonyl (C=O) groups is 1. The van der Waals surface area contributed by atoms with Crippen molar-refractivity contribution in [2.75, 3.05) is 32.0 Å². The van der Waals surface area contributed by atoms with Gasteiger partial charge in [0.25, 0.3) is 5.91 Å². The minimum Gasteiger partial charge on any atom is -0.493 e. The molecule has 2 aromatic rings. The number of anilines is 2. The molecule has 150 valence electrons. The molecule has 2 N–H and O–H groups in total. The number of benzene rings is 1. The summed E-state index contributed by atoms with van der Waals surface area (Å²) in [5.74, 6) is 1.11. The summed E-state index contributed by atoms with van der Waals surface area (Å²) in [7, 11) is 4.60. The lowest BCUT2D eigenvalue weighted by molar-refractivity contribution is 0.102. The number of amides is 1. The Balaban J connectivity index is 1.75. The van der Waals surface area contributed by atoms with Gasteiger partial charge in [0.05, 0.1) is 21.3 Å². The summed E-state index contributed by atoms with van der Waals surface area (Å²) in [5.41, 5.74) is 1.79. The van der Waals surface area contributed by atoms with E-state index in [0.29, 0.717) is 34.7 Å². The molecule has 0 atom stereocenters. The SMILES string of the molecule is COc1cc(NC(=O)c2cc(NC3CCCCC3)ccn2)cc(OC)c1OC. The number of carbonyl (C=O) groups excluding carboxylic acids is 1. The first-order valence-electron chi connectivity index (χ1n) is 9.48. The van der Waals surface area contributed by atoms with E-state index in [-0.39, 0.29) is 5.91 Å². The molecular formula is C21H27N3O4. The summed E-state index contributed by atoms with van der Waals surface area (Å²) in [6.45, 7) is 0. The van der Waals surface area contributed by atoms with E-state index in [1.807, 2.05) is 6.07 Å². The van der Waals surface area contributed by atoms with E-state index in [1.165, 1.54) is 40.6 Å². The summed E-state index contributed by atoms with van der Waals surface area (Å²) in [6, 6.07) is 7.50. The van der Waals surface area contributed by atoms with Gasteiger partial charge in [-0.15, -0.1) is 0 Å². The smallest absolute Gasteiger partial charge is 0.274 e. The van der Waals surface area contributed by atoms with Crippen LogP contribution in [0.2, 0.25) is 0 Å². The van der Waals surface area contributed by atoms with E-state index in [4.69, 9.17) is 14.2 Å². The van der Waals surface area contributed by atoms with E-state index >= 15 is 0 Å². The first-order valence-corrected chi connectivity index (χ1v) is 9.48. The highest BCUT2D eigenvalue weighted by atomic mass is 16.5. The van der Waals surface area contributed by atoms with Gasteiger partial charge in [0.2, 0.25) is 5.75 Å². The van der Waals surface area contributed by atoms with Crippen LogP contribution in [0.3, 0.4) is 0 Å². The van der Waals surface area contributed by atoms with Crippen LogP contribution < -0.4 is 24.8 Å². The minimum absolute atomic E-state index is 0.304. The van der Waals surface area contributed by atoms with Crippen LogP contribution in [0, 0.1) is 0 Å². The maximum atomic E-state index is 12.7. The van der Waals surface area contributed by atoms with E-state index in [0.717, 1.165) is 18.5 Å². The number of hydrogen-bond acceptors (Lipinski definition) is 6. The molecule has 0 saturated heterocycles.